The summed E-state index contributed by atoms with van der Waals surface area (Å²) >= 11 is 0. The van der Waals surface area contributed by atoms with Crippen LogP contribution < -0.4 is 16.6 Å². The largest absolute Gasteiger partial charge is 0.356 e. The molecule has 2 aromatic heterocycles. The van der Waals surface area contributed by atoms with Gasteiger partial charge in [-0.2, -0.15) is 0 Å². The van der Waals surface area contributed by atoms with Gasteiger partial charge in [0.25, 0.3) is 5.56 Å². The van der Waals surface area contributed by atoms with Crippen LogP contribution in [-0.4, -0.2) is 49.5 Å². The normalized spacial score (nSPS) is 17.5. The molecule has 1 aliphatic rings. The number of nitrogens with zero attached hydrogens (tertiary/aromatic N) is 4. The number of hydrogen-bond acceptors (Lipinski definition) is 5. The number of carbonyl (C=O) groups is 1. The van der Waals surface area contributed by atoms with Crippen molar-refractivity contribution in [2.24, 2.45) is 13.0 Å². The fraction of sp³-hybridized carbons (Fsp3) is 0.714. The number of aromatic nitrogens is 4. The van der Waals surface area contributed by atoms with Crippen LogP contribution in [0, 0.1) is 5.92 Å². The first-order valence-corrected chi connectivity index (χ1v) is 11.1. The molecule has 0 radical (unpaired) electrons. The Morgan fingerprint density at radius 1 is 1.27 bits per heavy atom. The van der Waals surface area contributed by atoms with Gasteiger partial charge in [0.05, 0.1) is 6.54 Å². The standard InChI is InChI=1S/C21H34N6O3/c1-4-6-11-27-19-18(20(29)24-21(27)30)25(3)16(23-19)14-26-10-7-9-15(13-26)12-22-17(28)8-5-2/h15H,4-14H2,1-3H3,(H,22,28)(H,24,29,30). The van der Waals surface area contributed by atoms with Gasteiger partial charge in [-0.25, -0.2) is 9.78 Å². The zero-order chi connectivity index (χ0) is 21.7. The lowest BCUT2D eigenvalue weighted by Crippen LogP contribution is -2.40. The maximum Gasteiger partial charge on any atom is 0.330 e. The number of carbonyl (C=O) groups excluding carboxylic acids is 1. The lowest BCUT2D eigenvalue weighted by molar-refractivity contribution is -0.121. The van der Waals surface area contributed by atoms with Gasteiger partial charge in [0.2, 0.25) is 5.91 Å². The summed E-state index contributed by atoms with van der Waals surface area (Å²) in [5, 5.41) is 3.04. The van der Waals surface area contributed by atoms with E-state index in [4.69, 9.17) is 4.98 Å². The van der Waals surface area contributed by atoms with Crippen LogP contribution in [0.1, 0.15) is 58.2 Å². The quantitative estimate of drug-likeness (QED) is 0.640. The van der Waals surface area contributed by atoms with E-state index in [0.717, 1.165) is 51.0 Å². The van der Waals surface area contributed by atoms with Crippen molar-refractivity contribution < 1.29 is 4.79 Å². The van der Waals surface area contributed by atoms with Crippen LogP contribution in [0.15, 0.2) is 9.59 Å². The minimum absolute atomic E-state index is 0.120. The predicted molar refractivity (Wildman–Crippen MR) is 116 cm³/mol. The number of aromatic amines is 1. The molecule has 2 N–H and O–H groups in total. The average molecular weight is 419 g/mol. The number of unbranched alkanes of at least 4 members (excludes halogenated alkanes) is 1. The second-order valence-corrected chi connectivity index (χ2v) is 8.32. The van der Waals surface area contributed by atoms with Gasteiger partial charge in [0.15, 0.2) is 11.2 Å². The molecule has 0 aliphatic carbocycles. The Balaban J connectivity index is 1.76. The molecule has 1 fully saturated rings. The number of likely N-dealkylation sites (tertiary alicyclic amines) is 1. The van der Waals surface area contributed by atoms with E-state index >= 15 is 0 Å². The molecule has 3 rings (SSSR count). The number of fused-ring (bicyclic) bond motifs is 1. The van der Waals surface area contributed by atoms with E-state index in [2.05, 4.69) is 22.1 Å². The molecule has 1 amide bonds. The highest BCUT2D eigenvalue weighted by Crippen LogP contribution is 2.19. The molecule has 1 unspecified atom stereocenters. The van der Waals surface area contributed by atoms with Crippen molar-refractivity contribution in [1.29, 1.82) is 0 Å². The van der Waals surface area contributed by atoms with E-state index < -0.39 is 5.69 Å². The van der Waals surface area contributed by atoms with Crippen LogP contribution in [0.25, 0.3) is 11.2 Å². The topological polar surface area (TPSA) is 105 Å². The van der Waals surface area contributed by atoms with E-state index in [1.807, 2.05) is 18.5 Å². The molecule has 2 aromatic rings. The number of piperidine rings is 1. The van der Waals surface area contributed by atoms with E-state index in [9.17, 15) is 14.4 Å². The van der Waals surface area contributed by atoms with Crippen LogP contribution in [0.5, 0.6) is 0 Å². The molecule has 166 valence electrons. The van der Waals surface area contributed by atoms with Crippen LogP contribution in [-0.2, 0) is 24.9 Å². The summed E-state index contributed by atoms with van der Waals surface area (Å²) in [5.74, 6) is 1.32. The van der Waals surface area contributed by atoms with Crippen LogP contribution in [0.2, 0.25) is 0 Å². The molecule has 0 aromatic carbocycles. The minimum atomic E-state index is -0.397. The predicted octanol–water partition coefficient (Wildman–Crippen LogP) is 1.35. The van der Waals surface area contributed by atoms with Gasteiger partial charge in [-0.1, -0.05) is 20.3 Å². The van der Waals surface area contributed by atoms with Crippen molar-refractivity contribution >= 4 is 17.1 Å². The van der Waals surface area contributed by atoms with Gasteiger partial charge < -0.3 is 9.88 Å². The molecule has 30 heavy (non-hydrogen) atoms. The Morgan fingerprint density at radius 3 is 2.80 bits per heavy atom. The van der Waals surface area contributed by atoms with E-state index in [1.54, 1.807) is 4.57 Å². The summed E-state index contributed by atoms with van der Waals surface area (Å²) in [4.78, 5) is 45.9. The van der Waals surface area contributed by atoms with Crippen molar-refractivity contribution in [2.75, 3.05) is 19.6 Å². The van der Waals surface area contributed by atoms with Crippen molar-refractivity contribution in [3.63, 3.8) is 0 Å². The summed E-state index contributed by atoms with van der Waals surface area (Å²) in [6, 6.07) is 0. The molecule has 0 bridgehead atoms. The number of rotatable bonds is 9. The summed E-state index contributed by atoms with van der Waals surface area (Å²) < 4.78 is 3.38. The highest BCUT2D eigenvalue weighted by molar-refractivity contribution is 5.75. The first kappa shape index (κ1) is 22.3. The lowest BCUT2D eigenvalue weighted by Gasteiger charge is -2.32. The van der Waals surface area contributed by atoms with Crippen LogP contribution in [0.4, 0.5) is 0 Å². The van der Waals surface area contributed by atoms with Crippen molar-refractivity contribution in [3.05, 3.63) is 26.7 Å². The fourth-order valence-electron chi connectivity index (χ4n) is 4.19. The molecule has 1 saturated heterocycles. The Morgan fingerprint density at radius 2 is 2.07 bits per heavy atom. The smallest absolute Gasteiger partial charge is 0.330 e. The maximum absolute atomic E-state index is 12.4. The van der Waals surface area contributed by atoms with Crippen molar-refractivity contribution in [2.45, 2.75) is 65.5 Å². The van der Waals surface area contributed by atoms with E-state index in [1.165, 1.54) is 0 Å². The number of aryl methyl sites for hydroxylation is 2. The van der Waals surface area contributed by atoms with Gasteiger partial charge in [-0.05, 0) is 38.1 Å². The van der Waals surface area contributed by atoms with Crippen LogP contribution in [0.3, 0.4) is 0 Å². The molecule has 1 aliphatic heterocycles. The number of H-pyrrole nitrogens is 1. The van der Waals surface area contributed by atoms with E-state index in [-0.39, 0.29) is 11.5 Å². The Bertz CT molecular complexity index is 989. The molecule has 3 heterocycles. The second kappa shape index (κ2) is 10.1. The lowest BCUT2D eigenvalue weighted by atomic mass is 9.98. The monoisotopic (exact) mass is 418 g/mol. The summed E-state index contributed by atoms with van der Waals surface area (Å²) in [6.07, 6.45) is 5.41. The number of amides is 1. The van der Waals surface area contributed by atoms with Gasteiger partial charge in [-0.15, -0.1) is 0 Å². The summed E-state index contributed by atoms with van der Waals surface area (Å²) in [5.41, 5.74) is 0.127. The molecule has 9 heteroatoms. The van der Waals surface area contributed by atoms with Gasteiger partial charge >= 0.3 is 5.69 Å². The van der Waals surface area contributed by atoms with Crippen molar-refractivity contribution in [3.8, 4) is 0 Å². The SMILES string of the molecule is CCCCn1c(=O)[nH]c(=O)c2c1nc(CN1CCCC(CNC(=O)CCC)C1)n2C. The highest BCUT2D eigenvalue weighted by atomic mass is 16.2. The van der Waals surface area contributed by atoms with E-state index in [0.29, 0.717) is 43.1 Å². The molecular formula is C21H34N6O3. The molecule has 1 atom stereocenters. The molecular weight excluding hydrogens is 384 g/mol. The molecule has 0 spiro atoms. The average Bonchev–Trinajstić information content (AvgIpc) is 3.03. The first-order valence-electron chi connectivity index (χ1n) is 11.1. The van der Waals surface area contributed by atoms with Crippen LogP contribution >= 0.6 is 0 Å². The van der Waals surface area contributed by atoms with Gasteiger partial charge in [0.1, 0.15) is 5.82 Å². The molecule has 9 nitrogen and oxygen atoms in total. The summed E-state index contributed by atoms with van der Waals surface area (Å²) in [7, 11) is 1.83. The Kier molecular flexibility index (Phi) is 7.47. The van der Waals surface area contributed by atoms with Crippen molar-refractivity contribution in [1.82, 2.24) is 29.3 Å². The zero-order valence-corrected chi connectivity index (χ0v) is 18.4. The number of imidazole rings is 1. The summed E-state index contributed by atoms with van der Waals surface area (Å²) in [6.45, 7) is 7.78. The zero-order valence-electron chi connectivity index (χ0n) is 18.4. The third-order valence-corrected chi connectivity index (χ3v) is 5.87. The third-order valence-electron chi connectivity index (χ3n) is 5.87. The number of hydrogen-bond donors (Lipinski definition) is 2. The fourth-order valence-corrected chi connectivity index (χ4v) is 4.19. The molecule has 0 saturated carbocycles. The number of nitrogens with one attached hydrogen (secondary N) is 2. The minimum Gasteiger partial charge on any atom is -0.356 e. The maximum atomic E-state index is 12.4. The van der Waals surface area contributed by atoms with Gasteiger partial charge in [0, 0.05) is 33.1 Å². The highest BCUT2D eigenvalue weighted by Gasteiger charge is 2.23. The Labute approximate surface area is 176 Å². The third kappa shape index (κ3) is 5.00. The Hall–Kier alpha value is -2.42. The second-order valence-electron chi connectivity index (χ2n) is 8.32. The first-order chi connectivity index (χ1) is 14.4. The van der Waals surface area contributed by atoms with Gasteiger partial charge in [-0.3, -0.25) is 24.0 Å².